The van der Waals surface area contributed by atoms with Crippen molar-refractivity contribution in [3.8, 4) is 22.6 Å². The van der Waals surface area contributed by atoms with Gasteiger partial charge in [0.05, 0.1) is 14.2 Å². The minimum Gasteiger partial charge on any atom is -0.493 e. The third-order valence-corrected chi connectivity index (χ3v) is 3.64. The number of hydrogen-bond donors (Lipinski definition) is 1. The van der Waals surface area contributed by atoms with E-state index < -0.39 is 0 Å². The van der Waals surface area contributed by atoms with E-state index in [1.54, 1.807) is 20.4 Å². The zero-order chi connectivity index (χ0) is 15.2. The highest BCUT2D eigenvalue weighted by molar-refractivity contribution is 5.74. The summed E-state index contributed by atoms with van der Waals surface area (Å²) < 4.78 is 11.0. The van der Waals surface area contributed by atoms with Crippen LogP contribution in [0, 0.1) is 0 Å². The number of methoxy groups -OCH3 is 2. The van der Waals surface area contributed by atoms with Gasteiger partial charge in [-0.05, 0) is 42.6 Å². The molecule has 1 unspecified atom stereocenters. The number of pyridine rings is 1. The molecule has 0 saturated carbocycles. The summed E-state index contributed by atoms with van der Waals surface area (Å²) in [5, 5.41) is 0. The van der Waals surface area contributed by atoms with Crippen LogP contribution in [0.5, 0.6) is 11.5 Å². The number of nitrogens with two attached hydrogens (primary N) is 1. The predicted molar refractivity (Wildman–Crippen MR) is 84.9 cm³/mol. The lowest BCUT2D eigenvalue weighted by Crippen LogP contribution is -2.05. The van der Waals surface area contributed by atoms with Crippen LogP contribution in [0.15, 0.2) is 36.7 Å². The third kappa shape index (κ3) is 3.34. The molecule has 4 heteroatoms. The number of aromatic nitrogens is 1. The molecule has 0 fully saturated rings. The van der Waals surface area contributed by atoms with Crippen molar-refractivity contribution in [1.82, 2.24) is 4.98 Å². The molecular weight excluding hydrogens is 264 g/mol. The Labute approximate surface area is 125 Å². The minimum atomic E-state index is 0.366. The Hall–Kier alpha value is -2.07. The molecule has 2 rings (SSSR count). The first kappa shape index (κ1) is 15.3. The van der Waals surface area contributed by atoms with E-state index in [1.165, 1.54) is 5.56 Å². The van der Waals surface area contributed by atoms with Gasteiger partial charge >= 0.3 is 0 Å². The van der Waals surface area contributed by atoms with Crippen molar-refractivity contribution in [2.45, 2.75) is 19.3 Å². The van der Waals surface area contributed by atoms with E-state index in [2.05, 4.69) is 18.0 Å². The smallest absolute Gasteiger partial charge is 0.168 e. The van der Waals surface area contributed by atoms with Crippen LogP contribution in [-0.4, -0.2) is 25.7 Å². The van der Waals surface area contributed by atoms with Gasteiger partial charge in [0.1, 0.15) is 0 Å². The summed E-state index contributed by atoms with van der Waals surface area (Å²) in [6.45, 7) is 2.83. The molecule has 0 radical (unpaired) electrons. The lowest BCUT2D eigenvalue weighted by Gasteiger charge is -2.18. The van der Waals surface area contributed by atoms with Crippen molar-refractivity contribution in [2.24, 2.45) is 5.73 Å². The van der Waals surface area contributed by atoms with Gasteiger partial charge in [-0.25, -0.2) is 0 Å². The van der Waals surface area contributed by atoms with E-state index in [-0.39, 0.29) is 0 Å². The average molecular weight is 286 g/mol. The maximum Gasteiger partial charge on any atom is 0.168 e. The first-order valence-electron chi connectivity index (χ1n) is 7.07. The normalized spacial score (nSPS) is 12.0. The van der Waals surface area contributed by atoms with Crippen molar-refractivity contribution in [1.29, 1.82) is 0 Å². The van der Waals surface area contributed by atoms with Gasteiger partial charge in [0.2, 0.25) is 0 Å². The van der Waals surface area contributed by atoms with Crippen molar-refractivity contribution in [3.05, 3.63) is 42.2 Å². The van der Waals surface area contributed by atoms with Gasteiger partial charge < -0.3 is 15.2 Å². The van der Waals surface area contributed by atoms with Crippen molar-refractivity contribution in [2.75, 3.05) is 20.8 Å². The highest BCUT2D eigenvalue weighted by Gasteiger charge is 2.16. The number of ether oxygens (including phenoxy) is 2. The highest BCUT2D eigenvalue weighted by atomic mass is 16.5. The van der Waals surface area contributed by atoms with E-state index in [0.29, 0.717) is 12.5 Å². The summed E-state index contributed by atoms with van der Waals surface area (Å²) in [6.07, 6.45) is 4.52. The Balaban J connectivity index is 2.58. The largest absolute Gasteiger partial charge is 0.493 e. The van der Waals surface area contributed by atoms with Crippen LogP contribution < -0.4 is 15.2 Å². The Bertz CT molecular complexity index is 585. The quantitative estimate of drug-likeness (QED) is 0.886. The van der Waals surface area contributed by atoms with E-state index in [4.69, 9.17) is 15.2 Å². The van der Waals surface area contributed by atoms with Crippen LogP contribution in [0.2, 0.25) is 0 Å². The first-order chi connectivity index (χ1) is 10.2. The summed E-state index contributed by atoms with van der Waals surface area (Å²) in [4.78, 5) is 4.19. The lowest BCUT2D eigenvalue weighted by atomic mass is 9.93. The second-order valence-electron chi connectivity index (χ2n) is 5.02. The highest BCUT2D eigenvalue weighted by Crippen LogP contribution is 2.40. The van der Waals surface area contributed by atoms with E-state index in [1.807, 2.05) is 24.4 Å². The van der Waals surface area contributed by atoms with Gasteiger partial charge in [0, 0.05) is 23.5 Å². The Morgan fingerprint density at radius 2 is 2.05 bits per heavy atom. The Morgan fingerprint density at radius 3 is 2.62 bits per heavy atom. The molecule has 1 heterocycles. The molecule has 0 spiro atoms. The fourth-order valence-electron chi connectivity index (χ4n) is 2.42. The fraction of sp³-hybridized carbons (Fsp3) is 0.353. The molecular formula is C17H22N2O2. The van der Waals surface area contributed by atoms with Gasteiger partial charge in [0.25, 0.3) is 0 Å². The average Bonchev–Trinajstić information content (AvgIpc) is 2.54. The first-order valence-corrected chi connectivity index (χ1v) is 7.07. The summed E-state index contributed by atoms with van der Waals surface area (Å²) in [5.41, 5.74) is 8.87. The van der Waals surface area contributed by atoms with Crippen LogP contribution >= 0.6 is 0 Å². The van der Waals surface area contributed by atoms with E-state index in [9.17, 15) is 0 Å². The molecule has 0 amide bonds. The van der Waals surface area contributed by atoms with Crippen LogP contribution in [0.1, 0.15) is 24.8 Å². The second-order valence-corrected chi connectivity index (χ2v) is 5.02. The van der Waals surface area contributed by atoms with Gasteiger partial charge in [-0.1, -0.05) is 13.0 Å². The van der Waals surface area contributed by atoms with Crippen LogP contribution in [0.4, 0.5) is 0 Å². The van der Waals surface area contributed by atoms with Crippen LogP contribution in [0.3, 0.4) is 0 Å². The fourth-order valence-corrected chi connectivity index (χ4v) is 2.42. The molecule has 0 bridgehead atoms. The number of benzene rings is 1. The van der Waals surface area contributed by atoms with Crippen molar-refractivity contribution in [3.63, 3.8) is 0 Å². The second kappa shape index (κ2) is 7.09. The number of nitrogens with zero attached hydrogens (tertiary/aromatic N) is 1. The maximum atomic E-state index is 5.68. The standard InChI is InChI=1S/C17H22N2O2/c1-12(6-7-18)14-9-15(13-5-4-8-19-11-13)17(21-3)16(10-14)20-2/h4-5,8-12H,6-7,18H2,1-3H3. The van der Waals surface area contributed by atoms with Crippen molar-refractivity contribution >= 4 is 0 Å². The zero-order valence-corrected chi connectivity index (χ0v) is 12.8. The molecule has 0 aliphatic rings. The minimum absolute atomic E-state index is 0.366. The van der Waals surface area contributed by atoms with Gasteiger partial charge in [-0.15, -0.1) is 0 Å². The maximum absolute atomic E-state index is 5.68. The molecule has 1 aromatic carbocycles. The van der Waals surface area contributed by atoms with E-state index >= 15 is 0 Å². The molecule has 0 saturated heterocycles. The molecule has 21 heavy (non-hydrogen) atoms. The third-order valence-electron chi connectivity index (χ3n) is 3.64. The summed E-state index contributed by atoms with van der Waals surface area (Å²) >= 11 is 0. The summed E-state index contributed by atoms with van der Waals surface area (Å²) in [5.74, 6) is 1.83. The topological polar surface area (TPSA) is 57.4 Å². The number of rotatable bonds is 6. The molecule has 2 aromatic rings. The summed E-state index contributed by atoms with van der Waals surface area (Å²) in [7, 11) is 3.31. The van der Waals surface area contributed by atoms with Gasteiger partial charge in [-0.2, -0.15) is 0 Å². The monoisotopic (exact) mass is 286 g/mol. The van der Waals surface area contributed by atoms with Crippen LogP contribution in [-0.2, 0) is 0 Å². The van der Waals surface area contributed by atoms with E-state index in [0.717, 1.165) is 29.0 Å². The lowest BCUT2D eigenvalue weighted by molar-refractivity contribution is 0.355. The molecule has 112 valence electrons. The SMILES string of the molecule is COc1cc(C(C)CCN)cc(-c2cccnc2)c1OC. The molecule has 1 aromatic heterocycles. The van der Waals surface area contributed by atoms with Gasteiger partial charge in [0.15, 0.2) is 11.5 Å². The summed E-state index contributed by atoms with van der Waals surface area (Å²) in [6, 6.07) is 8.09. The van der Waals surface area contributed by atoms with Crippen molar-refractivity contribution < 1.29 is 9.47 Å². The Kier molecular flexibility index (Phi) is 5.17. The molecule has 2 N–H and O–H groups in total. The molecule has 0 aliphatic heterocycles. The predicted octanol–water partition coefficient (Wildman–Crippen LogP) is 3.22. The van der Waals surface area contributed by atoms with Crippen LogP contribution in [0.25, 0.3) is 11.1 Å². The number of hydrogen-bond acceptors (Lipinski definition) is 4. The molecule has 4 nitrogen and oxygen atoms in total. The zero-order valence-electron chi connectivity index (χ0n) is 12.8. The van der Waals surface area contributed by atoms with Gasteiger partial charge in [-0.3, -0.25) is 4.98 Å². The molecule has 0 aliphatic carbocycles. The Morgan fingerprint density at radius 1 is 1.24 bits per heavy atom. The molecule has 1 atom stereocenters.